The number of fused-ring (bicyclic) bond motifs is 1. The van der Waals surface area contributed by atoms with Crippen LogP contribution < -0.4 is 0 Å². The Morgan fingerprint density at radius 2 is 1.71 bits per heavy atom. The normalized spacial score (nSPS) is 10.5. The molecule has 0 unspecified atom stereocenters. The Kier molecular flexibility index (Phi) is 5.47. The molecule has 0 aliphatic carbocycles. The summed E-state index contributed by atoms with van der Waals surface area (Å²) in [7, 11) is 0. The average Bonchev–Trinajstić information content (AvgIpc) is 2.59. The fourth-order valence-corrected chi connectivity index (χ4v) is 1.68. The molecule has 0 aliphatic heterocycles. The number of H-pyrrole nitrogens is 1. The first kappa shape index (κ1) is 15.8. The highest BCUT2D eigenvalue weighted by Crippen LogP contribution is 2.21. The zero-order valence-electron chi connectivity index (χ0n) is 10.4. The van der Waals surface area contributed by atoms with E-state index in [9.17, 15) is 0 Å². The molecule has 0 saturated carbocycles. The Morgan fingerprint density at radius 1 is 1.06 bits per heavy atom. The van der Waals surface area contributed by atoms with E-state index in [0.29, 0.717) is 11.8 Å². The van der Waals surface area contributed by atoms with Crippen molar-refractivity contribution in [3.05, 3.63) is 29.6 Å². The molecule has 1 N–H and O–H groups in total. The van der Waals surface area contributed by atoms with Gasteiger partial charge in [0.25, 0.3) is 0 Å². The lowest BCUT2D eigenvalue weighted by Crippen LogP contribution is -1.88. The molecule has 0 saturated heterocycles. The van der Waals surface area contributed by atoms with Gasteiger partial charge in [0.1, 0.15) is 5.82 Å². The molecule has 2 nitrogen and oxygen atoms in total. The van der Waals surface area contributed by atoms with Crippen molar-refractivity contribution in [2.75, 3.05) is 0 Å². The van der Waals surface area contributed by atoms with Crippen LogP contribution in [0.5, 0.6) is 0 Å². The van der Waals surface area contributed by atoms with Gasteiger partial charge in [-0.3, -0.25) is 0 Å². The van der Waals surface area contributed by atoms with Crippen molar-refractivity contribution in [2.24, 2.45) is 0 Å². The number of nitrogens with one attached hydrogen (secondary N) is 1. The second-order valence-electron chi connectivity index (χ2n) is 4.71. The molecule has 0 bridgehead atoms. The molecule has 17 heavy (non-hydrogen) atoms. The molecule has 1 heterocycles. The summed E-state index contributed by atoms with van der Waals surface area (Å²) >= 11 is 0. The van der Waals surface area contributed by atoms with Crippen LogP contribution in [-0.4, -0.2) is 18.4 Å². The first-order chi connectivity index (χ1) is 7.08. The number of benzene rings is 1. The van der Waals surface area contributed by atoms with Crippen LogP contribution in [0.1, 0.15) is 58.3 Å². The molecule has 0 atom stereocenters. The highest BCUT2D eigenvalue weighted by molar-refractivity contribution is 5.76. The lowest BCUT2D eigenvalue weighted by Gasteiger charge is -2.03. The van der Waals surface area contributed by atoms with Crippen molar-refractivity contribution in [2.45, 2.75) is 47.0 Å². The molecule has 2 aromatic rings. The van der Waals surface area contributed by atoms with Gasteiger partial charge >= 0.3 is 0 Å². The van der Waals surface area contributed by atoms with Crippen molar-refractivity contribution in [1.82, 2.24) is 9.97 Å². The predicted molar refractivity (Wildman–Crippen MR) is 76.8 cm³/mol. The second-order valence-corrected chi connectivity index (χ2v) is 4.71. The second kappa shape index (κ2) is 5.90. The predicted octanol–water partition coefficient (Wildman–Crippen LogP) is 4.07. The monoisotopic (exact) mass is 229 g/mol. The smallest absolute Gasteiger partial charge is 0.109 e. The fraction of sp³-hybridized carbons (Fsp3) is 0.500. The van der Waals surface area contributed by atoms with Crippen molar-refractivity contribution in [3.8, 4) is 0 Å². The molecule has 1 aromatic carbocycles. The van der Waals surface area contributed by atoms with E-state index in [1.165, 1.54) is 5.56 Å². The van der Waals surface area contributed by atoms with E-state index in [2.05, 4.69) is 55.9 Å². The van der Waals surface area contributed by atoms with Crippen LogP contribution in [0.4, 0.5) is 0 Å². The summed E-state index contributed by atoms with van der Waals surface area (Å²) < 4.78 is 0. The molecule has 3 radical (unpaired) electrons. The van der Waals surface area contributed by atoms with E-state index in [0.717, 1.165) is 16.9 Å². The van der Waals surface area contributed by atoms with Crippen LogP contribution >= 0.6 is 0 Å². The van der Waals surface area contributed by atoms with Gasteiger partial charge in [0.2, 0.25) is 0 Å². The lowest BCUT2D eigenvalue weighted by molar-refractivity contribution is 0.799. The Morgan fingerprint density at radius 3 is 2.24 bits per heavy atom. The molecule has 0 fully saturated rings. The Balaban J connectivity index is 0.00000128. The van der Waals surface area contributed by atoms with Crippen LogP contribution in [0.3, 0.4) is 0 Å². The van der Waals surface area contributed by atoms with Gasteiger partial charge in [-0.05, 0) is 23.6 Å². The van der Waals surface area contributed by atoms with Gasteiger partial charge in [-0.2, -0.15) is 0 Å². The van der Waals surface area contributed by atoms with Gasteiger partial charge in [0, 0.05) is 14.3 Å². The summed E-state index contributed by atoms with van der Waals surface area (Å²) in [5.41, 5.74) is 3.59. The van der Waals surface area contributed by atoms with E-state index in [4.69, 9.17) is 0 Å². The summed E-state index contributed by atoms with van der Waals surface area (Å²) in [6.45, 7) is 8.73. The molecule has 0 spiro atoms. The summed E-state index contributed by atoms with van der Waals surface area (Å²) in [5.74, 6) is 2.10. The van der Waals surface area contributed by atoms with Crippen LogP contribution in [0.25, 0.3) is 11.0 Å². The largest absolute Gasteiger partial charge is 0.342 e. The maximum atomic E-state index is 4.56. The van der Waals surface area contributed by atoms with Crippen LogP contribution in [-0.2, 0) is 0 Å². The lowest BCUT2D eigenvalue weighted by atomic mass is 10.0. The third kappa shape index (κ3) is 3.12. The quantitative estimate of drug-likeness (QED) is 0.772. The standard InChI is InChI=1S/C13H18N2.CH4.B/c1-8(2)10-5-6-11-12(7-10)15-13(14-11)9(3)4;;/h5-9H,1-4H3,(H,14,15);1H4;. The Labute approximate surface area is 106 Å². The molecule has 1 aromatic heterocycles. The van der Waals surface area contributed by atoms with Gasteiger partial charge < -0.3 is 4.98 Å². The van der Waals surface area contributed by atoms with E-state index >= 15 is 0 Å². The van der Waals surface area contributed by atoms with Crippen molar-refractivity contribution in [3.63, 3.8) is 0 Å². The van der Waals surface area contributed by atoms with Crippen LogP contribution in [0.15, 0.2) is 18.2 Å². The molecule has 91 valence electrons. The number of hydrogen-bond donors (Lipinski definition) is 1. The number of hydrogen-bond acceptors (Lipinski definition) is 1. The third-order valence-corrected chi connectivity index (χ3v) is 2.74. The average molecular weight is 229 g/mol. The van der Waals surface area contributed by atoms with Gasteiger partial charge in [0.05, 0.1) is 11.0 Å². The number of aromatic amines is 1. The minimum atomic E-state index is 0. The van der Waals surface area contributed by atoms with E-state index in [1.54, 1.807) is 0 Å². The number of imidazole rings is 1. The SMILES string of the molecule is C.CC(C)c1ccc2nc(C(C)C)[nH]c2c1.[B]. The highest BCUT2D eigenvalue weighted by Gasteiger charge is 2.07. The first-order valence-electron chi connectivity index (χ1n) is 5.57. The number of rotatable bonds is 2. The molecular weight excluding hydrogens is 207 g/mol. The molecule has 0 amide bonds. The van der Waals surface area contributed by atoms with Crippen LogP contribution in [0, 0.1) is 0 Å². The van der Waals surface area contributed by atoms with Crippen molar-refractivity contribution in [1.29, 1.82) is 0 Å². The van der Waals surface area contributed by atoms with E-state index in [1.807, 2.05) is 0 Å². The minimum absolute atomic E-state index is 0. The Bertz CT molecular complexity index is 466. The molecule has 3 heteroatoms. The molecule has 2 rings (SSSR count). The topological polar surface area (TPSA) is 28.7 Å². The highest BCUT2D eigenvalue weighted by atomic mass is 14.9. The minimum Gasteiger partial charge on any atom is -0.342 e. The van der Waals surface area contributed by atoms with Crippen molar-refractivity contribution < 1.29 is 0 Å². The first-order valence-corrected chi connectivity index (χ1v) is 5.57. The van der Waals surface area contributed by atoms with E-state index in [-0.39, 0.29) is 15.8 Å². The molecule has 0 aliphatic rings. The molecular formula is C14H22BN2. The fourth-order valence-electron chi connectivity index (χ4n) is 1.68. The van der Waals surface area contributed by atoms with E-state index < -0.39 is 0 Å². The Hall–Kier alpha value is -1.25. The maximum absolute atomic E-state index is 4.56. The zero-order valence-corrected chi connectivity index (χ0v) is 10.4. The summed E-state index contributed by atoms with van der Waals surface area (Å²) in [6, 6.07) is 6.48. The van der Waals surface area contributed by atoms with Gasteiger partial charge in [-0.1, -0.05) is 41.2 Å². The summed E-state index contributed by atoms with van der Waals surface area (Å²) in [5, 5.41) is 0. The van der Waals surface area contributed by atoms with Gasteiger partial charge in [-0.25, -0.2) is 4.98 Å². The number of aromatic nitrogens is 2. The van der Waals surface area contributed by atoms with Crippen molar-refractivity contribution >= 4 is 19.4 Å². The maximum Gasteiger partial charge on any atom is 0.109 e. The summed E-state index contributed by atoms with van der Waals surface area (Å²) in [4.78, 5) is 7.94. The third-order valence-electron chi connectivity index (χ3n) is 2.74. The van der Waals surface area contributed by atoms with Crippen LogP contribution in [0.2, 0.25) is 0 Å². The summed E-state index contributed by atoms with van der Waals surface area (Å²) in [6.07, 6.45) is 0. The number of nitrogens with zero attached hydrogens (tertiary/aromatic N) is 1. The zero-order chi connectivity index (χ0) is 11.0. The van der Waals surface area contributed by atoms with Gasteiger partial charge in [0.15, 0.2) is 0 Å². The van der Waals surface area contributed by atoms with Gasteiger partial charge in [-0.15, -0.1) is 0 Å².